The molecule has 4 heteroatoms. The topological polar surface area (TPSA) is 45.2 Å². The van der Waals surface area contributed by atoms with Gasteiger partial charge in [-0.1, -0.05) is 0 Å². The molecule has 1 aromatic heterocycles. The molecule has 3 nitrogen and oxygen atoms in total. The molecule has 0 saturated heterocycles. The molecular formula is C13H20N2OS. The van der Waals surface area contributed by atoms with Crippen molar-refractivity contribution in [1.29, 1.82) is 0 Å². The SMILES string of the molecule is CC(CO)(CCSc1ccncc1)NC1CC1. The number of hydrogen-bond acceptors (Lipinski definition) is 4. The summed E-state index contributed by atoms with van der Waals surface area (Å²) >= 11 is 1.82. The Balaban J connectivity index is 1.75. The Morgan fingerprint density at radius 1 is 1.47 bits per heavy atom. The second-order valence-electron chi connectivity index (χ2n) is 4.92. The van der Waals surface area contributed by atoms with Crippen LogP contribution in [0.15, 0.2) is 29.4 Å². The van der Waals surface area contributed by atoms with Gasteiger partial charge in [0, 0.05) is 28.9 Å². The van der Waals surface area contributed by atoms with E-state index in [0.29, 0.717) is 6.04 Å². The maximum absolute atomic E-state index is 9.48. The van der Waals surface area contributed by atoms with Gasteiger partial charge >= 0.3 is 0 Å². The summed E-state index contributed by atoms with van der Waals surface area (Å²) in [5, 5.41) is 13.0. The Kier molecular flexibility index (Phi) is 4.42. The first kappa shape index (κ1) is 12.9. The molecule has 0 aliphatic heterocycles. The largest absolute Gasteiger partial charge is 0.394 e. The van der Waals surface area contributed by atoms with E-state index in [1.807, 2.05) is 36.3 Å². The van der Waals surface area contributed by atoms with Crippen molar-refractivity contribution >= 4 is 11.8 Å². The number of thioether (sulfide) groups is 1. The van der Waals surface area contributed by atoms with Gasteiger partial charge in [-0.3, -0.25) is 4.98 Å². The van der Waals surface area contributed by atoms with Gasteiger partial charge in [0.15, 0.2) is 0 Å². The fourth-order valence-corrected chi connectivity index (χ4v) is 2.85. The van der Waals surface area contributed by atoms with Crippen LogP contribution in [0.5, 0.6) is 0 Å². The van der Waals surface area contributed by atoms with E-state index in [1.54, 1.807) is 0 Å². The van der Waals surface area contributed by atoms with Gasteiger partial charge in [0.2, 0.25) is 0 Å². The molecule has 2 N–H and O–H groups in total. The number of aromatic nitrogens is 1. The summed E-state index contributed by atoms with van der Waals surface area (Å²) < 4.78 is 0. The highest BCUT2D eigenvalue weighted by Gasteiger charge is 2.31. The maximum atomic E-state index is 9.48. The van der Waals surface area contributed by atoms with Gasteiger partial charge in [-0.15, -0.1) is 11.8 Å². The minimum absolute atomic E-state index is 0.124. The zero-order valence-electron chi connectivity index (χ0n) is 10.2. The van der Waals surface area contributed by atoms with E-state index in [0.717, 1.165) is 12.2 Å². The molecule has 0 radical (unpaired) electrons. The lowest BCUT2D eigenvalue weighted by atomic mass is 10.0. The Labute approximate surface area is 107 Å². The molecule has 1 aliphatic carbocycles. The summed E-state index contributed by atoms with van der Waals surface area (Å²) in [7, 11) is 0. The number of aliphatic hydroxyl groups is 1. The lowest BCUT2D eigenvalue weighted by Crippen LogP contribution is -2.47. The number of nitrogens with zero attached hydrogens (tertiary/aromatic N) is 1. The lowest BCUT2D eigenvalue weighted by Gasteiger charge is -2.28. The summed E-state index contributed by atoms with van der Waals surface area (Å²) in [6.07, 6.45) is 7.12. The second-order valence-corrected chi connectivity index (χ2v) is 6.09. The molecule has 94 valence electrons. The Morgan fingerprint density at radius 2 is 2.18 bits per heavy atom. The maximum Gasteiger partial charge on any atom is 0.0610 e. The van der Waals surface area contributed by atoms with Crippen molar-refractivity contribution in [3.05, 3.63) is 24.5 Å². The average Bonchev–Trinajstić information content (AvgIpc) is 3.14. The van der Waals surface area contributed by atoms with E-state index in [-0.39, 0.29) is 12.1 Å². The van der Waals surface area contributed by atoms with Gasteiger partial charge in [0.25, 0.3) is 0 Å². The van der Waals surface area contributed by atoms with Gasteiger partial charge in [-0.25, -0.2) is 0 Å². The van der Waals surface area contributed by atoms with E-state index >= 15 is 0 Å². The summed E-state index contributed by atoms with van der Waals surface area (Å²) in [6, 6.07) is 4.68. The molecule has 1 atom stereocenters. The molecule has 1 heterocycles. The fourth-order valence-electron chi connectivity index (χ4n) is 1.75. The van der Waals surface area contributed by atoms with Crippen LogP contribution in [-0.2, 0) is 0 Å². The molecule has 1 unspecified atom stereocenters. The Bertz CT molecular complexity index is 343. The van der Waals surface area contributed by atoms with Crippen molar-refractivity contribution in [3.8, 4) is 0 Å². The minimum Gasteiger partial charge on any atom is -0.394 e. The molecule has 17 heavy (non-hydrogen) atoms. The minimum atomic E-state index is -0.124. The van der Waals surface area contributed by atoms with E-state index in [1.165, 1.54) is 17.7 Å². The van der Waals surface area contributed by atoms with E-state index < -0.39 is 0 Å². The number of rotatable bonds is 7. The predicted molar refractivity (Wildman–Crippen MR) is 71.2 cm³/mol. The normalized spacial score (nSPS) is 18.9. The second kappa shape index (κ2) is 5.85. The van der Waals surface area contributed by atoms with Gasteiger partial charge in [0.1, 0.15) is 0 Å². The molecule has 0 spiro atoms. The van der Waals surface area contributed by atoms with Crippen molar-refractivity contribution in [2.24, 2.45) is 0 Å². The monoisotopic (exact) mass is 252 g/mol. The lowest BCUT2D eigenvalue weighted by molar-refractivity contribution is 0.169. The van der Waals surface area contributed by atoms with Gasteiger partial charge in [0.05, 0.1) is 6.61 Å². The van der Waals surface area contributed by atoms with E-state index in [2.05, 4.69) is 17.2 Å². The number of aliphatic hydroxyl groups excluding tert-OH is 1. The summed E-state index contributed by atoms with van der Waals surface area (Å²) in [4.78, 5) is 5.24. The average molecular weight is 252 g/mol. The first-order chi connectivity index (χ1) is 8.22. The van der Waals surface area contributed by atoms with Crippen molar-refractivity contribution in [2.75, 3.05) is 12.4 Å². The first-order valence-electron chi connectivity index (χ1n) is 6.13. The smallest absolute Gasteiger partial charge is 0.0610 e. The standard InChI is InChI=1S/C13H20N2OS/c1-13(10-16,15-11-2-3-11)6-9-17-12-4-7-14-8-5-12/h4-5,7-8,11,15-16H,2-3,6,9-10H2,1H3. The number of pyridine rings is 1. The zero-order valence-corrected chi connectivity index (χ0v) is 11.0. The van der Waals surface area contributed by atoms with E-state index in [4.69, 9.17) is 0 Å². The van der Waals surface area contributed by atoms with Crippen LogP contribution < -0.4 is 5.32 Å². The molecule has 1 aliphatic rings. The van der Waals surface area contributed by atoms with Gasteiger partial charge in [-0.05, 0) is 44.1 Å². The van der Waals surface area contributed by atoms with Gasteiger partial charge in [-0.2, -0.15) is 0 Å². The molecule has 1 fully saturated rings. The van der Waals surface area contributed by atoms with Crippen LogP contribution in [0.4, 0.5) is 0 Å². The van der Waals surface area contributed by atoms with E-state index in [9.17, 15) is 5.11 Å². The van der Waals surface area contributed by atoms with Crippen molar-refractivity contribution in [2.45, 2.75) is 42.7 Å². The third kappa shape index (κ3) is 4.30. The van der Waals surface area contributed by atoms with Crippen LogP contribution in [-0.4, -0.2) is 34.0 Å². The Morgan fingerprint density at radius 3 is 2.76 bits per heavy atom. The first-order valence-corrected chi connectivity index (χ1v) is 7.12. The van der Waals surface area contributed by atoms with Crippen molar-refractivity contribution in [3.63, 3.8) is 0 Å². The van der Waals surface area contributed by atoms with Crippen LogP contribution in [0, 0.1) is 0 Å². The molecule has 0 amide bonds. The van der Waals surface area contributed by atoms with Crippen molar-refractivity contribution in [1.82, 2.24) is 10.3 Å². The summed E-state index contributed by atoms with van der Waals surface area (Å²) in [5.41, 5.74) is -0.124. The zero-order chi connectivity index (χ0) is 12.1. The third-order valence-corrected chi connectivity index (χ3v) is 4.06. The van der Waals surface area contributed by atoms with Crippen molar-refractivity contribution < 1.29 is 5.11 Å². The molecule has 1 aromatic rings. The van der Waals surface area contributed by atoms with Crippen LogP contribution >= 0.6 is 11.8 Å². The summed E-state index contributed by atoms with van der Waals surface area (Å²) in [6.45, 7) is 2.32. The quantitative estimate of drug-likeness (QED) is 0.729. The third-order valence-electron chi connectivity index (χ3n) is 3.05. The van der Waals surface area contributed by atoms with Crippen LogP contribution in [0.25, 0.3) is 0 Å². The molecule has 0 bridgehead atoms. The highest BCUT2D eigenvalue weighted by atomic mass is 32.2. The molecular weight excluding hydrogens is 232 g/mol. The highest BCUT2D eigenvalue weighted by molar-refractivity contribution is 7.99. The molecule has 0 aromatic carbocycles. The molecule has 1 saturated carbocycles. The highest BCUT2D eigenvalue weighted by Crippen LogP contribution is 2.26. The molecule has 2 rings (SSSR count). The predicted octanol–water partition coefficient (Wildman–Crippen LogP) is 2.07. The number of hydrogen-bond donors (Lipinski definition) is 2. The van der Waals surface area contributed by atoms with Crippen LogP contribution in [0.3, 0.4) is 0 Å². The number of nitrogens with one attached hydrogen (secondary N) is 1. The Hall–Kier alpha value is -0.580. The van der Waals surface area contributed by atoms with Crippen LogP contribution in [0.2, 0.25) is 0 Å². The van der Waals surface area contributed by atoms with Gasteiger partial charge < -0.3 is 10.4 Å². The van der Waals surface area contributed by atoms with Crippen LogP contribution in [0.1, 0.15) is 26.2 Å². The summed E-state index contributed by atoms with van der Waals surface area (Å²) in [5.74, 6) is 1.01. The fraction of sp³-hybridized carbons (Fsp3) is 0.615.